The zero-order chi connectivity index (χ0) is 15.6. The SMILES string of the molecule is O=C(CCc1ccccc1)c1ccc2nc3c(cc2c1)CCS3. The summed E-state index contributed by atoms with van der Waals surface area (Å²) in [5.74, 6) is 1.31. The molecule has 0 unspecified atom stereocenters. The molecule has 0 radical (unpaired) electrons. The molecule has 1 aliphatic heterocycles. The molecule has 4 rings (SSSR count). The number of thioether (sulfide) groups is 1. The highest BCUT2D eigenvalue weighted by Crippen LogP contribution is 2.32. The molecule has 114 valence electrons. The van der Waals surface area contributed by atoms with Crippen LogP contribution in [0, 0.1) is 0 Å². The second-order valence-electron chi connectivity index (χ2n) is 5.87. The Labute approximate surface area is 139 Å². The van der Waals surface area contributed by atoms with Crippen molar-refractivity contribution in [2.24, 2.45) is 0 Å². The Morgan fingerprint density at radius 3 is 2.83 bits per heavy atom. The fraction of sp³-hybridized carbons (Fsp3) is 0.200. The molecule has 0 saturated heterocycles. The summed E-state index contributed by atoms with van der Waals surface area (Å²) in [6, 6.07) is 18.2. The summed E-state index contributed by atoms with van der Waals surface area (Å²) in [6.07, 6.45) is 2.41. The van der Waals surface area contributed by atoms with Gasteiger partial charge in [0.25, 0.3) is 0 Å². The van der Waals surface area contributed by atoms with Crippen LogP contribution in [-0.2, 0) is 12.8 Å². The van der Waals surface area contributed by atoms with Crippen LogP contribution in [-0.4, -0.2) is 16.5 Å². The van der Waals surface area contributed by atoms with Crippen molar-refractivity contribution in [2.75, 3.05) is 5.75 Å². The third-order valence-electron chi connectivity index (χ3n) is 4.27. The number of fused-ring (bicyclic) bond motifs is 2. The maximum atomic E-state index is 12.5. The minimum Gasteiger partial charge on any atom is -0.294 e. The lowest BCUT2D eigenvalue weighted by molar-refractivity contribution is 0.0983. The number of ketones is 1. The van der Waals surface area contributed by atoms with Gasteiger partial charge >= 0.3 is 0 Å². The second-order valence-corrected chi connectivity index (χ2v) is 6.95. The third kappa shape index (κ3) is 3.02. The van der Waals surface area contributed by atoms with Crippen LogP contribution in [0.25, 0.3) is 10.9 Å². The van der Waals surface area contributed by atoms with Crippen molar-refractivity contribution in [2.45, 2.75) is 24.3 Å². The highest BCUT2D eigenvalue weighted by atomic mass is 32.2. The molecule has 2 aromatic carbocycles. The number of hydrogen-bond acceptors (Lipinski definition) is 3. The first-order valence-corrected chi connectivity index (χ1v) is 8.92. The smallest absolute Gasteiger partial charge is 0.163 e. The average Bonchev–Trinajstić information content (AvgIpc) is 3.05. The standard InChI is InChI=1S/C20H17NOS/c22-19(9-6-14-4-2-1-3-5-14)15-7-8-18-17(12-15)13-16-10-11-23-20(16)21-18/h1-5,7-8,12-13H,6,9-11H2. The van der Waals surface area contributed by atoms with Crippen molar-refractivity contribution in [1.82, 2.24) is 4.98 Å². The Kier molecular flexibility index (Phi) is 3.88. The molecule has 0 N–H and O–H groups in total. The molecule has 2 heterocycles. The minimum absolute atomic E-state index is 0.200. The molecule has 23 heavy (non-hydrogen) atoms. The summed E-state index contributed by atoms with van der Waals surface area (Å²) in [5.41, 5.74) is 4.30. The van der Waals surface area contributed by atoms with Crippen molar-refractivity contribution < 1.29 is 4.79 Å². The van der Waals surface area contributed by atoms with Crippen molar-refractivity contribution in [1.29, 1.82) is 0 Å². The van der Waals surface area contributed by atoms with Gasteiger partial charge in [-0.2, -0.15) is 0 Å². The van der Waals surface area contributed by atoms with E-state index >= 15 is 0 Å². The van der Waals surface area contributed by atoms with Gasteiger partial charge in [0.2, 0.25) is 0 Å². The van der Waals surface area contributed by atoms with Crippen molar-refractivity contribution in [3.8, 4) is 0 Å². The van der Waals surface area contributed by atoms with Gasteiger partial charge in [0.15, 0.2) is 5.78 Å². The number of Topliss-reactive ketones (excluding diaryl/α,β-unsaturated/α-hetero) is 1. The Morgan fingerprint density at radius 1 is 1.09 bits per heavy atom. The summed E-state index contributed by atoms with van der Waals surface area (Å²) in [7, 11) is 0. The molecule has 1 aliphatic rings. The van der Waals surface area contributed by atoms with E-state index in [0.717, 1.165) is 40.1 Å². The molecular formula is C20H17NOS. The number of carbonyl (C=O) groups is 1. The number of hydrogen-bond donors (Lipinski definition) is 0. The number of aryl methyl sites for hydroxylation is 2. The van der Waals surface area contributed by atoms with Gasteiger partial charge in [-0.05, 0) is 48.2 Å². The molecule has 0 amide bonds. The first-order chi connectivity index (χ1) is 11.3. The van der Waals surface area contributed by atoms with E-state index in [-0.39, 0.29) is 5.78 Å². The molecular weight excluding hydrogens is 302 g/mol. The van der Waals surface area contributed by atoms with Gasteiger partial charge in [-0.1, -0.05) is 30.3 Å². The van der Waals surface area contributed by atoms with E-state index in [1.807, 2.05) is 48.2 Å². The fourth-order valence-corrected chi connectivity index (χ4v) is 4.01. The minimum atomic E-state index is 0.200. The second kappa shape index (κ2) is 6.17. The Hall–Kier alpha value is -2.13. The average molecular weight is 319 g/mol. The predicted molar refractivity (Wildman–Crippen MR) is 95.3 cm³/mol. The highest BCUT2D eigenvalue weighted by molar-refractivity contribution is 7.99. The van der Waals surface area contributed by atoms with Crippen molar-refractivity contribution >= 4 is 28.4 Å². The van der Waals surface area contributed by atoms with Crippen LogP contribution < -0.4 is 0 Å². The number of pyridine rings is 1. The normalized spacial score (nSPS) is 13.2. The fourth-order valence-electron chi connectivity index (χ4n) is 2.98. The summed E-state index contributed by atoms with van der Waals surface area (Å²) in [5, 5.41) is 2.23. The van der Waals surface area contributed by atoms with Gasteiger partial charge in [0.1, 0.15) is 0 Å². The van der Waals surface area contributed by atoms with Crippen LogP contribution >= 0.6 is 11.8 Å². The molecule has 0 saturated carbocycles. The maximum absolute atomic E-state index is 12.5. The number of aromatic nitrogens is 1. The summed E-state index contributed by atoms with van der Waals surface area (Å²) < 4.78 is 0. The lowest BCUT2D eigenvalue weighted by Crippen LogP contribution is -2.01. The van der Waals surface area contributed by atoms with E-state index in [1.165, 1.54) is 11.1 Å². The van der Waals surface area contributed by atoms with E-state index in [4.69, 9.17) is 4.98 Å². The van der Waals surface area contributed by atoms with Gasteiger partial charge in [-0.3, -0.25) is 4.79 Å². The number of benzene rings is 2. The van der Waals surface area contributed by atoms with Crippen LogP contribution in [0.15, 0.2) is 59.6 Å². The molecule has 0 atom stereocenters. The number of rotatable bonds is 4. The summed E-state index contributed by atoms with van der Waals surface area (Å²) >= 11 is 1.82. The molecule has 0 aliphatic carbocycles. The van der Waals surface area contributed by atoms with Crippen LogP contribution in [0.3, 0.4) is 0 Å². The Balaban J connectivity index is 1.56. The molecule has 3 heteroatoms. The zero-order valence-corrected chi connectivity index (χ0v) is 13.6. The van der Waals surface area contributed by atoms with E-state index in [0.29, 0.717) is 6.42 Å². The monoisotopic (exact) mass is 319 g/mol. The quantitative estimate of drug-likeness (QED) is 0.653. The first kappa shape index (κ1) is 14.5. The van der Waals surface area contributed by atoms with E-state index in [1.54, 1.807) is 0 Å². The summed E-state index contributed by atoms with van der Waals surface area (Å²) in [6.45, 7) is 0. The first-order valence-electron chi connectivity index (χ1n) is 7.93. The van der Waals surface area contributed by atoms with Crippen LogP contribution in [0.5, 0.6) is 0 Å². The maximum Gasteiger partial charge on any atom is 0.163 e. The lowest BCUT2D eigenvalue weighted by atomic mass is 10.0. The van der Waals surface area contributed by atoms with Crippen molar-refractivity contribution in [3.05, 3.63) is 71.3 Å². The van der Waals surface area contributed by atoms with Crippen LogP contribution in [0.4, 0.5) is 0 Å². The Morgan fingerprint density at radius 2 is 1.96 bits per heavy atom. The lowest BCUT2D eigenvalue weighted by Gasteiger charge is -2.05. The molecule has 1 aromatic heterocycles. The Bertz CT molecular complexity index is 873. The van der Waals surface area contributed by atoms with Crippen molar-refractivity contribution in [3.63, 3.8) is 0 Å². The van der Waals surface area contributed by atoms with Gasteiger partial charge in [0, 0.05) is 23.1 Å². The predicted octanol–water partition coefficient (Wildman–Crippen LogP) is 4.70. The molecule has 0 bridgehead atoms. The van der Waals surface area contributed by atoms with Gasteiger partial charge < -0.3 is 0 Å². The van der Waals surface area contributed by atoms with Gasteiger partial charge in [-0.15, -0.1) is 11.8 Å². The summed E-state index contributed by atoms with van der Waals surface area (Å²) in [4.78, 5) is 17.2. The zero-order valence-electron chi connectivity index (χ0n) is 12.8. The molecule has 3 aromatic rings. The van der Waals surface area contributed by atoms with Gasteiger partial charge in [0.05, 0.1) is 10.5 Å². The number of carbonyl (C=O) groups excluding carboxylic acids is 1. The molecule has 0 spiro atoms. The number of nitrogens with zero attached hydrogens (tertiary/aromatic N) is 1. The highest BCUT2D eigenvalue weighted by Gasteiger charge is 2.15. The topological polar surface area (TPSA) is 30.0 Å². The van der Waals surface area contributed by atoms with Crippen LogP contribution in [0.2, 0.25) is 0 Å². The van der Waals surface area contributed by atoms with E-state index < -0.39 is 0 Å². The third-order valence-corrected chi connectivity index (χ3v) is 5.30. The molecule has 2 nitrogen and oxygen atoms in total. The van der Waals surface area contributed by atoms with E-state index in [2.05, 4.69) is 18.2 Å². The molecule has 0 fully saturated rings. The van der Waals surface area contributed by atoms with Crippen LogP contribution in [0.1, 0.15) is 27.9 Å². The van der Waals surface area contributed by atoms with E-state index in [9.17, 15) is 4.79 Å². The largest absolute Gasteiger partial charge is 0.294 e. The van der Waals surface area contributed by atoms with Gasteiger partial charge in [-0.25, -0.2) is 4.98 Å².